The molecule has 1 aliphatic heterocycles. The Hall–Kier alpha value is -2.21. The van der Waals surface area contributed by atoms with Gasteiger partial charge in [-0.3, -0.25) is 19.3 Å². The molecule has 1 atom stereocenters. The number of rotatable bonds is 2. The number of benzene rings is 1. The minimum atomic E-state index is -0.675. The number of hydrogen-bond acceptors (Lipinski definition) is 4. The molecule has 3 amide bonds. The topological polar surface area (TPSA) is 92.5 Å². The van der Waals surface area contributed by atoms with Gasteiger partial charge in [0.25, 0.3) is 11.8 Å². The predicted molar refractivity (Wildman–Crippen MR) is 78.9 cm³/mol. The summed E-state index contributed by atoms with van der Waals surface area (Å²) in [5.74, 6) is -1.03. The molecular weight excluding hydrogens is 270 g/mol. The molecule has 1 aliphatic rings. The lowest BCUT2D eigenvalue weighted by atomic mass is 9.87. The molecule has 0 fully saturated rings. The Kier molecular flexibility index (Phi) is 3.59. The van der Waals surface area contributed by atoms with Crippen molar-refractivity contribution in [2.75, 3.05) is 12.4 Å². The van der Waals surface area contributed by atoms with E-state index in [9.17, 15) is 14.4 Å². The predicted octanol–water partition coefficient (Wildman–Crippen LogP) is 1.22. The van der Waals surface area contributed by atoms with E-state index in [1.54, 1.807) is 6.07 Å². The first-order valence-electron chi connectivity index (χ1n) is 6.66. The van der Waals surface area contributed by atoms with Gasteiger partial charge in [0.05, 0.1) is 17.2 Å². The molecular formula is C15H19N3O3. The molecule has 1 aromatic rings. The van der Waals surface area contributed by atoms with Crippen LogP contribution < -0.4 is 11.1 Å². The van der Waals surface area contributed by atoms with Gasteiger partial charge < -0.3 is 11.1 Å². The van der Waals surface area contributed by atoms with Crippen molar-refractivity contribution in [1.82, 2.24) is 4.90 Å². The van der Waals surface area contributed by atoms with E-state index in [4.69, 9.17) is 5.73 Å². The van der Waals surface area contributed by atoms with E-state index in [-0.39, 0.29) is 23.1 Å². The van der Waals surface area contributed by atoms with Crippen molar-refractivity contribution < 1.29 is 14.4 Å². The molecule has 0 bridgehead atoms. The number of fused-ring (bicyclic) bond motifs is 1. The number of nitrogens with zero attached hydrogens (tertiary/aromatic N) is 1. The van der Waals surface area contributed by atoms with Crippen LogP contribution >= 0.6 is 0 Å². The second kappa shape index (κ2) is 4.96. The summed E-state index contributed by atoms with van der Waals surface area (Å²) in [6.45, 7) is 5.62. The maximum Gasteiger partial charge on any atom is 0.261 e. The minimum Gasteiger partial charge on any atom is -0.325 e. The molecule has 0 aliphatic carbocycles. The van der Waals surface area contributed by atoms with Crippen molar-refractivity contribution in [3.8, 4) is 0 Å². The fraction of sp³-hybridized carbons (Fsp3) is 0.400. The summed E-state index contributed by atoms with van der Waals surface area (Å²) in [7, 11) is 1.43. The third-order valence-electron chi connectivity index (χ3n) is 3.57. The van der Waals surface area contributed by atoms with Crippen molar-refractivity contribution in [2.24, 2.45) is 11.1 Å². The smallest absolute Gasteiger partial charge is 0.261 e. The first-order chi connectivity index (χ1) is 9.62. The van der Waals surface area contributed by atoms with Crippen molar-refractivity contribution in [3.63, 3.8) is 0 Å². The summed E-state index contributed by atoms with van der Waals surface area (Å²) in [4.78, 5) is 36.8. The maximum atomic E-state index is 12.1. The van der Waals surface area contributed by atoms with Gasteiger partial charge in [-0.1, -0.05) is 20.8 Å². The van der Waals surface area contributed by atoms with E-state index in [1.807, 2.05) is 20.8 Å². The number of carbonyl (C=O) groups excluding carboxylic acids is 3. The van der Waals surface area contributed by atoms with Crippen LogP contribution in [-0.4, -0.2) is 35.7 Å². The number of amides is 3. The van der Waals surface area contributed by atoms with Crippen molar-refractivity contribution in [1.29, 1.82) is 0 Å². The summed E-state index contributed by atoms with van der Waals surface area (Å²) >= 11 is 0. The summed E-state index contributed by atoms with van der Waals surface area (Å²) in [5.41, 5.74) is 6.61. The lowest BCUT2D eigenvalue weighted by molar-refractivity contribution is -0.119. The van der Waals surface area contributed by atoms with Crippen LogP contribution in [0.2, 0.25) is 0 Å². The lowest BCUT2D eigenvalue weighted by Crippen LogP contribution is -2.45. The van der Waals surface area contributed by atoms with Gasteiger partial charge in [-0.25, -0.2) is 0 Å². The number of anilines is 1. The van der Waals surface area contributed by atoms with Crippen LogP contribution in [0, 0.1) is 5.41 Å². The average Bonchev–Trinajstić information content (AvgIpc) is 2.62. The Bertz CT molecular complexity index is 632. The van der Waals surface area contributed by atoms with Gasteiger partial charge in [0, 0.05) is 12.7 Å². The van der Waals surface area contributed by atoms with E-state index >= 15 is 0 Å². The summed E-state index contributed by atoms with van der Waals surface area (Å²) in [6.07, 6.45) is 0. The van der Waals surface area contributed by atoms with Crippen LogP contribution in [0.5, 0.6) is 0 Å². The SMILES string of the molecule is CN1C(=O)c2ccc(NC(=O)[C@H](N)C(C)(C)C)cc2C1=O. The van der Waals surface area contributed by atoms with Gasteiger partial charge in [-0.15, -0.1) is 0 Å². The zero-order valence-electron chi connectivity index (χ0n) is 12.6. The largest absolute Gasteiger partial charge is 0.325 e. The fourth-order valence-electron chi connectivity index (χ4n) is 2.05. The number of hydrogen-bond donors (Lipinski definition) is 2. The van der Waals surface area contributed by atoms with E-state index < -0.39 is 6.04 Å². The minimum absolute atomic E-state index is 0.296. The quantitative estimate of drug-likeness (QED) is 0.801. The Morgan fingerprint density at radius 1 is 1.19 bits per heavy atom. The maximum absolute atomic E-state index is 12.1. The molecule has 0 spiro atoms. The Labute approximate surface area is 123 Å². The Balaban J connectivity index is 2.24. The highest BCUT2D eigenvalue weighted by molar-refractivity contribution is 6.21. The first kappa shape index (κ1) is 15.2. The third-order valence-corrected chi connectivity index (χ3v) is 3.57. The normalized spacial score (nSPS) is 16.0. The highest BCUT2D eigenvalue weighted by atomic mass is 16.2. The summed E-state index contributed by atoms with van der Waals surface area (Å²) in [5, 5.41) is 2.68. The van der Waals surface area contributed by atoms with E-state index in [1.165, 1.54) is 19.2 Å². The number of carbonyl (C=O) groups is 3. The van der Waals surface area contributed by atoms with Gasteiger partial charge in [0.15, 0.2) is 0 Å². The molecule has 1 heterocycles. The third kappa shape index (κ3) is 2.67. The number of imide groups is 1. The van der Waals surface area contributed by atoms with Gasteiger partial charge in [0.1, 0.15) is 0 Å². The second-order valence-corrected chi connectivity index (χ2v) is 6.26. The standard InChI is InChI=1S/C15H19N3O3/c1-15(2,3)11(16)12(19)17-8-5-6-9-10(7-8)14(21)18(4)13(9)20/h5-7,11H,16H2,1-4H3,(H,17,19)/t11-/m0/s1. The molecule has 0 saturated heterocycles. The average molecular weight is 289 g/mol. The summed E-state index contributed by atoms with van der Waals surface area (Å²) < 4.78 is 0. The van der Waals surface area contributed by atoms with E-state index in [0.717, 1.165) is 4.90 Å². The molecule has 21 heavy (non-hydrogen) atoms. The Morgan fingerprint density at radius 3 is 2.33 bits per heavy atom. The van der Waals surface area contributed by atoms with Crippen LogP contribution in [0.1, 0.15) is 41.5 Å². The summed E-state index contributed by atoms with van der Waals surface area (Å²) in [6, 6.07) is 3.96. The molecule has 3 N–H and O–H groups in total. The van der Waals surface area contributed by atoms with Gasteiger partial charge in [0.2, 0.25) is 5.91 Å². The van der Waals surface area contributed by atoms with Crippen molar-refractivity contribution >= 4 is 23.4 Å². The highest BCUT2D eigenvalue weighted by Gasteiger charge is 2.33. The first-order valence-corrected chi connectivity index (χ1v) is 6.66. The molecule has 0 saturated carbocycles. The zero-order valence-corrected chi connectivity index (χ0v) is 12.6. The number of nitrogens with two attached hydrogens (primary N) is 1. The number of nitrogens with one attached hydrogen (secondary N) is 1. The zero-order chi connectivity index (χ0) is 15.9. The molecule has 0 radical (unpaired) electrons. The molecule has 0 aromatic heterocycles. The molecule has 2 rings (SSSR count). The fourth-order valence-corrected chi connectivity index (χ4v) is 2.05. The van der Waals surface area contributed by atoms with Crippen LogP contribution in [-0.2, 0) is 4.79 Å². The second-order valence-electron chi connectivity index (χ2n) is 6.26. The lowest BCUT2D eigenvalue weighted by Gasteiger charge is -2.25. The van der Waals surface area contributed by atoms with Crippen LogP contribution in [0.25, 0.3) is 0 Å². The highest BCUT2D eigenvalue weighted by Crippen LogP contribution is 2.25. The van der Waals surface area contributed by atoms with Gasteiger partial charge in [-0.2, -0.15) is 0 Å². The molecule has 112 valence electrons. The van der Waals surface area contributed by atoms with Crippen LogP contribution in [0.4, 0.5) is 5.69 Å². The molecule has 6 nitrogen and oxygen atoms in total. The van der Waals surface area contributed by atoms with E-state index in [2.05, 4.69) is 5.32 Å². The molecule has 6 heteroatoms. The monoisotopic (exact) mass is 289 g/mol. The molecule has 1 aromatic carbocycles. The van der Waals surface area contributed by atoms with E-state index in [0.29, 0.717) is 16.8 Å². The Morgan fingerprint density at radius 2 is 1.76 bits per heavy atom. The van der Waals surface area contributed by atoms with Crippen molar-refractivity contribution in [3.05, 3.63) is 29.3 Å². The van der Waals surface area contributed by atoms with Crippen LogP contribution in [0.3, 0.4) is 0 Å². The molecule has 0 unspecified atom stereocenters. The van der Waals surface area contributed by atoms with Gasteiger partial charge in [-0.05, 0) is 23.6 Å². The van der Waals surface area contributed by atoms with Crippen molar-refractivity contribution in [2.45, 2.75) is 26.8 Å². The van der Waals surface area contributed by atoms with Gasteiger partial charge >= 0.3 is 0 Å². The van der Waals surface area contributed by atoms with Crippen LogP contribution in [0.15, 0.2) is 18.2 Å².